The summed E-state index contributed by atoms with van der Waals surface area (Å²) in [5.41, 5.74) is 1.23. The van der Waals surface area contributed by atoms with Gasteiger partial charge in [0.15, 0.2) is 0 Å². The van der Waals surface area contributed by atoms with Crippen molar-refractivity contribution in [3.8, 4) is 0 Å². The molecule has 0 aliphatic heterocycles. The minimum atomic E-state index is 0.692. The highest BCUT2D eigenvalue weighted by Gasteiger charge is 2.17. The summed E-state index contributed by atoms with van der Waals surface area (Å²) in [4.78, 5) is 0. The van der Waals surface area contributed by atoms with E-state index in [1.54, 1.807) is 0 Å². The third-order valence-electron chi connectivity index (χ3n) is 4.32. The van der Waals surface area contributed by atoms with E-state index < -0.39 is 0 Å². The second kappa shape index (κ2) is 9.75. The molecule has 1 aromatic carbocycles. The van der Waals surface area contributed by atoms with E-state index in [9.17, 15) is 0 Å². The molecule has 0 aromatic heterocycles. The Morgan fingerprint density at radius 3 is 2.62 bits per heavy atom. The Kier molecular flexibility index (Phi) is 7.55. The van der Waals surface area contributed by atoms with Crippen LogP contribution >= 0.6 is 0 Å². The van der Waals surface area contributed by atoms with E-state index in [0.29, 0.717) is 13.2 Å². The van der Waals surface area contributed by atoms with Crippen LogP contribution in [0.1, 0.15) is 38.2 Å². The lowest BCUT2D eigenvalue weighted by molar-refractivity contribution is 0.148. The van der Waals surface area contributed by atoms with Gasteiger partial charge in [0, 0.05) is 6.54 Å². The molecule has 1 fully saturated rings. The standard InChI is InChI=1S/C19H29NO/c1-17-9-11-18(12-10-17)15-20-13-5-6-14-21-16-19-7-3-2-4-8-19/h2-8,17-18,20H,9-16H2,1H3/b6-5+. The second-order valence-electron chi connectivity index (χ2n) is 6.26. The van der Waals surface area contributed by atoms with Crippen molar-refractivity contribution >= 4 is 0 Å². The normalized spacial score (nSPS) is 22.7. The molecule has 0 atom stereocenters. The summed E-state index contributed by atoms with van der Waals surface area (Å²) in [6.45, 7) is 5.89. The van der Waals surface area contributed by atoms with Crippen LogP contribution in [-0.2, 0) is 11.3 Å². The van der Waals surface area contributed by atoms with Gasteiger partial charge in [0.1, 0.15) is 0 Å². The molecule has 0 unspecified atom stereocenters. The number of hydrogen-bond acceptors (Lipinski definition) is 2. The highest BCUT2D eigenvalue weighted by atomic mass is 16.5. The molecule has 1 N–H and O–H groups in total. The number of ether oxygens (including phenoxy) is 1. The van der Waals surface area contributed by atoms with E-state index in [0.717, 1.165) is 18.4 Å². The first-order chi connectivity index (χ1) is 10.3. The van der Waals surface area contributed by atoms with Crippen LogP contribution in [0.4, 0.5) is 0 Å². The first-order valence-corrected chi connectivity index (χ1v) is 8.32. The van der Waals surface area contributed by atoms with Crippen LogP contribution in [0.2, 0.25) is 0 Å². The third kappa shape index (κ3) is 6.92. The molecule has 2 nitrogen and oxygen atoms in total. The predicted octanol–water partition coefficient (Wildman–Crippen LogP) is 4.18. The molecule has 2 rings (SSSR count). The molecule has 1 saturated carbocycles. The lowest BCUT2D eigenvalue weighted by Gasteiger charge is -2.26. The molecule has 1 aliphatic rings. The molecule has 1 aromatic rings. The summed E-state index contributed by atoms with van der Waals surface area (Å²) in [6.07, 6.45) is 9.91. The SMILES string of the molecule is CC1CCC(CNC/C=C/COCc2ccccc2)CC1. The highest BCUT2D eigenvalue weighted by Crippen LogP contribution is 2.27. The Bertz CT molecular complexity index is 393. The quantitative estimate of drug-likeness (QED) is 0.572. The molecule has 2 heteroatoms. The van der Waals surface area contributed by atoms with E-state index in [4.69, 9.17) is 4.74 Å². The summed E-state index contributed by atoms with van der Waals surface area (Å²) in [7, 11) is 0. The Morgan fingerprint density at radius 2 is 1.86 bits per heavy atom. The molecule has 0 spiro atoms. The summed E-state index contributed by atoms with van der Waals surface area (Å²) in [6, 6.07) is 10.3. The zero-order valence-electron chi connectivity index (χ0n) is 13.3. The van der Waals surface area contributed by atoms with Crippen molar-refractivity contribution in [3.05, 3.63) is 48.0 Å². The van der Waals surface area contributed by atoms with Crippen molar-refractivity contribution < 1.29 is 4.74 Å². The lowest BCUT2D eigenvalue weighted by atomic mass is 9.83. The van der Waals surface area contributed by atoms with Crippen molar-refractivity contribution in [2.24, 2.45) is 11.8 Å². The fourth-order valence-electron chi connectivity index (χ4n) is 2.87. The van der Waals surface area contributed by atoms with Crippen molar-refractivity contribution in [2.75, 3.05) is 19.7 Å². The summed E-state index contributed by atoms with van der Waals surface area (Å²) < 4.78 is 5.61. The van der Waals surface area contributed by atoms with Gasteiger partial charge in [0.2, 0.25) is 0 Å². The molecule has 0 amide bonds. The number of rotatable bonds is 8. The van der Waals surface area contributed by atoms with E-state index in [-0.39, 0.29) is 0 Å². The van der Waals surface area contributed by atoms with Gasteiger partial charge < -0.3 is 10.1 Å². The largest absolute Gasteiger partial charge is 0.373 e. The van der Waals surface area contributed by atoms with Gasteiger partial charge >= 0.3 is 0 Å². The summed E-state index contributed by atoms with van der Waals surface area (Å²) in [5.74, 6) is 1.84. The van der Waals surface area contributed by atoms with Gasteiger partial charge in [-0.05, 0) is 36.8 Å². The summed E-state index contributed by atoms with van der Waals surface area (Å²) in [5, 5.41) is 3.54. The van der Waals surface area contributed by atoms with E-state index in [2.05, 4.69) is 36.5 Å². The van der Waals surface area contributed by atoms with Gasteiger partial charge in [-0.3, -0.25) is 0 Å². The molecule has 21 heavy (non-hydrogen) atoms. The van der Waals surface area contributed by atoms with Crippen LogP contribution in [-0.4, -0.2) is 19.7 Å². The topological polar surface area (TPSA) is 21.3 Å². The number of nitrogens with one attached hydrogen (secondary N) is 1. The predicted molar refractivity (Wildman–Crippen MR) is 89.2 cm³/mol. The van der Waals surface area contributed by atoms with Crippen LogP contribution < -0.4 is 5.32 Å². The fraction of sp³-hybridized carbons (Fsp3) is 0.579. The van der Waals surface area contributed by atoms with Gasteiger partial charge in [0.25, 0.3) is 0 Å². The maximum atomic E-state index is 5.61. The van der Waals surface area contributed by atoms with Crippen LogP contribution in [0.3, 0.4) is 0 Å². The van der Waals surface area contributed by atoms with E-state index in [1.807, 2.05) is 18.2 Å². The summed E-state index contributed by atoms with van der Waals surface area (Å²) >= 11 is 0. The monoisotopic (exact) mass is 287 g/mol. The first-order valence-electron chi connectivity index (χ1n) is 8.32. The smallest absolute Gasteiger partial charge is 0.0721 e. The van der Waals surface area contributed by atoms with Crippen molar-refractivity contribution in [3.63, 3.8) is 0 Å². The third-order valence-corrected chi connectivity index (χ3v) is 4.32. The van der Waals surface area contributed by atoms with Gasteiger partial charge in [-0.2, -0.15) is 0 Å². The van der Waals surface area contributed by atoms with Crippen molar-refractivity contribution in [1.82, 2.24) is 5.32 Å². The fourth-order valence-corrected chi connectivity index (χ4v) is 2.87. The second-order valence-corrected chi connectivity index (χ2v) is 6.26. The maximum absolute atomic E-state index is 5.61. The molecule has 0 heterocycles. The number of hydrogen-bond donors (Lipinski definition) is 1. The van der Waals surface area contributed by atoms with Crippen LogP contribution in [0.5, 0.6) is 0 Å². The zero-order valence-corrected chi connectivity index (χ0v) is 13.3. The average molecular weight is 287 g/mol. The lowest BCUT2D eigenvalue weighted by Crippen LogP contribution is -2.26. The molecule has 0 saturated heterocycles. The van der Waals surface area contributed by atoms with Gasteiger partial charge in [-0.25, -0.2) is 0 Å². The molecule has 116 valence electrons. The van der Waals surface area contributed by atoms with Crippen LogP contribution in [0.15, 0.2) is 42.5 Å². The Labute approximate surface area is 129 Å². The Morgan fingerprint density at radius 1 is 1.10 bits per heavy atom. The number of benzene rings is 1. The minimum Gasteiger partial charge on any atom is -0.373 e. The molecular weight excluding hydrogens is 258 g/mol. The Balaban J connectivity index is 1.45. The minimum absolute atomic E-state index is 0.692. The van der Waals surface area contributed by atoms with Crippen molar-refractivity contribution in [2.45, 2.75) is 39.2 Å². The van der Waals surface area contributed by atoms with E-state index in [1.165, 1.54) is 37.8 Å². The highest BCUT2D eigenvalue weighted by molar-refractivity contribution is 5.13. The van der Waals surface area contributed by atoms with Crippen LogP contribution in [0.25, 0.3) is 0 Å². The zero-order chi connectivity index (χ0) is 14.8. The Hall–Kier alpha value is -1.12. The van der Waals surface area contributed by atoms with Gasteiger partial charge in [-0.15, -0.1) is 0 Å². The van der Waals surface area contributed by atoms with E-state index >= 15 is 0 Å². The first kappa shape index (κ1) is 16.3. The molecular formula is C19H29NO. The molecule has 1 aliphatic carbocycles. The maximum Gasteiger partial charge on any atom is 0.0721 e. The van der Waals surface area contributed by atoms with Crippen LogP contribution in [0, 0.1) is 11.8 Å². The van der Waals surface area contributed by atoms with Crippen molar-refractivity contribution in [1.29, 1.82) is 0 Å². The van der Waals surface area contributed by atoms with Gasteiger partial charge in [-0.1, -0.05) is 62.2 Å². The molecule has 0 bridgehead atoms. The van der Waals surface area contributed by atoms with Gasteiger partial charge in [0.05, 0.1) is 13.2 Å². The molecule has 0 radical (unpaired) electrons. The average Bonchev–Trinajstić information content (AvgIpc) is 2.53.